The summed E-state index contributed by atoms with van der Waals surface area (Å²) < 4.78 is 0. The van der Waals surface area contributed by atoms with E-state index in [0.717, 1.165) is 18.4 Å². The van der Waals surface area contributed by atoms with Gasteiger partial charge >= 0.3 is 0 Å². The summed E-state index contributed by atoms with van der Waals surface area (Å²) in [6.07, 6.45) is 6.17. The second kappa shape index (κ2) is 3.44. The zero-order chi connectivity index (χ0) is 10.1. The molecule has 0 aromatic heterocycles. The molecular formula is C10H14N2O2. The lowest BCUT2D eigenvalue weighted by Crippen LogP contribution is -2.43. The number of hydrogen-bond donors (Lipinski definition) is 1. The highest BCUT2D eigenvalue weighted by atomic mass is 16.6. The molecule has 0 aromatic carbocycles. The van der Waals surface area contributed by atoms with Gasteiger partial charge in [-0.3, -0.25) is 10.1 Å². The molecule has 1 heterocycles. The third-order valence-electron chi connectivity index (χ3n) is 3.07. The van der Waals surface area contributed by atoms with Crippen molar-refractivity contribution in [3.8, 4) is 0 Å². The van der Waals surface area contributed by atoms with Crippen molar-refractivity contribution < 1.29 is 4.92 Å². The van der Waals surface area contributed by atoms with E-state index in [-0.39, 0.29) is 10.8 Å². The Morgan fingerprint density at radius 3 is 3.14 bits per heavy atom. The second-order valence-corrected chi connectivity index (χ2v) is 3.90. The van der Waals surface area contributed by atoms with Gasteiger partial charge in [0.05, 0.1) is 12.5 Å². The molecule has 0 saturated carbocycles. The van der Waals surface area contributed by atoms with Crippen molar-refractivity contribution in [2.45, 2.75) is 25.8 Å². The number of rotatable bonds is 1. The normalized spacial score (nSPS) is 30.9. The SMILES string of the molecule is CC1C2=C(CCC=C2)NCC1[N+](=O)[O-]. The van der Waals surface area contributed by atoms with E-state index in [1.165, 1.54) is 5.70 Å². The van der Waals surface area contributed by atoms with E-state index in [4.69, 9.17) is 0 Å². The van der Waals surface area contributed by atoms with Gasteiger partial charge in [0.1, 0.15) is 0 Å². The Morgan fingerprint density at radius 1 is 1.64 bits per heavy atom. The maximum atomic E-state index is 10.8. The molecule has 0 amide bonds. The highest BCUT2D eigenvalue weighted by molar-refractivity contribution is 5.33. The largest absolute Gasteiger partial charge is 0.381 e. The summed E-state index contributed by atoms with van der Waals surface area (Å²) >= 11 is 0. The minimum Gasteiger partial charge on any atom is -0.381 e. The number of nitrogens with one attached hydrogen (secondary N) is 1. The lowest BCUT2D eigenvalue weighted by molar-refractivity contribution is -0.527. The highest BCUT2D eigenvalue weighted by Crippen LogP contribution is 2.29. The van der Waals surface area contributed by atoms with Crippen molar-refractivity contribution >= 4 is 0 Å². The Kier molecular flexibility index (Phi) is 2.27. The van der Waals surface area contributed by atoms with Gasteiger partial charge in [0.25, 0.3) is 0 Å². The smallest absolute Gasteiger partial charge is 0.236 e. The summed E-state index contributed by atoms with van der Waals surface area (Å²) in [5.74, 6) is 0.0396. The van der Waals surface area contributed by atoms with Crippen molar-refractivity contribution in [1.29, 1.82) is 0 Å². The van der Waals surface area contributed by atoms with Crippen LogP contribution in [0.5, 0.6) is 0 Å². The van der Waals surface area contributed by atoms with Gasteiger partial charge in [-0.05, 0) is 18.4 Å². The summed E-state index contributed by atoms with van der Waals surface area (Å²) in [7, 11) is 0. The summed E-state index contributed by atoms with van der Waals surface area (Å²) in [6.45, 7) is 2.42. The lowest BCUT2D eigenvalue weighted by atomic mass is 9.85. The van der Waals surface area contributed by atoms with Gasteiger partial charge in [-0.1, -0.05) is 19.1 Å². The summed E-state index contributed by atoms with van der Waals surface area (Å²) in [6, 6.07) is -0.475. The van der Waals surface area contributed by atoms with Crippen LogP contribution in [0.4, 0.5) is 0 Å². The molecule has 1 aliphatic carbocycles. The maximum absolute atomic E-state index is 10.8. The minimum atomic E-state index is -0.475. The van der Waals surface area contributed by atoms with Crippen molar-refractivity contribution in [3.63, 3.8) is 0 Å². The predicted octanol–water partition coefficient (Wildman–Crippen LogP) is 1.48. The quantitative estimate of drug-likeness (QED) is 0.508. The third-order valence-corrected chi connectivity index (χ3v) is 3.07. The number of nitro groups is 1. The van der Waals surface area contributed by atoms with Crippen LogP contribution in [-0.2, 0) is 0 Å². The molecule has 4 heteroatoms. The third kappa shape index (κ3) is 1.41. The van der Waals surface area contributed by atoms with Crippen molar-refractivity contribution in [2.24, 2.45) is 5.92 Å². The van der Waals surface area contributed by atoms with Crippen LogP contribution in [0.15, 0.2) is 23.4 Å². The van der Waals surface area contributed by atoms with E-state index in [2.05, 4.69) is 11.4 Å². The molecule has 0 spiro atoms. The van der Waals surface area contributed by atoms with Crippen LogP contribution >= 0.6 is 0 Å². The van der Waals surface area contributed by atoms with Crippen molar-refractivity contribution in [2.75, 3.05) is 6.54 Å². The number of allylic oxidation sites excluding steroid dienone is 3. The standard InChI is InChI=1S/C10H14N2O2/c1-7-8-4-2-3-5-9(8)11-6-10(7)12(13)14/h2,4,7,10-11H,3,5-6H2,1H3. The molecular weight excluding hydrogens is 180 g/mol. The first-order valence-electron chi connectivity index (χ1n) is 4.97. The molecule has 76 valence electrons. The molecule has 1 aliphatic heterocycles. The summed E-state index contributed by atoms with van der Waals surface area (Å²) in [4.78, 5) is 10.6. The van der Waals surface area contributed by atoms with Gasteiger partial charge in [-0.15, -0.1) is 0 Å². The fourth-order valence-corrected chi connectivity index (χ4v) is 2.17. The van der Waals surface area contributed by atoms with Gasteiger partial charge in [-0.25, -0.2) is 0 Å². The molecule has 2 rings (SSSR count). The average molecular weight is 194 g/mol. The van der Waals surface area contributed by atoms with E-state index in [1.54, 1.807) is 0 Å². The average Bonchev–Trinajstić information content (AvgIpc) is 2.18. The Morgan fingerprint density at radius 2 is 2.43 bits per heavy atom. The monoisotopic (exact) mass is 194 g/mol. The molecule has 4 nitrogen and oxygen atoms in total. The molecule has 0 saturated heterocycles. The van der Waals surface area contributed by atoms with Gasteiger partial charge in [-0.2, -0.15) is 0 Å². The van der Waals surface area contributed by atoms with Crippen LogP contribution in [0, 0.1) is 16.0 Å². The topological polar surface area (TPSA) is 55.2 Å². The number of hydrogen-bond acceptors (Lipinski definition) is 3. The van der Waals surface area contributed by atoms with Crippen LogP contribution in [0.25, 0.3) is 0 Å². The predicted molar refractivity (Wildman–Crippen MR) is 53.3 cm³/mol. The zero-order valence-corrected chi connectivity index (χ0v) is 8.19. The van der Waals surface area contributed by atoms with Crippen molar-refractivity contribution in [3.05, 3.63) is 33.5 Å². The number of nitrogens with zero attached hydrogens (tertiary/aromatic N) is 1. The first kappa shape index (κ1) is 9.24. The molecule has 14 heavy (non-hydrogen) atoms. The second-order valence-electron chi connectivity index (χ2n) is 3.90. The molecule has 2 atom stereocenters. The lowest BCUT2D eigenvalue weighted by Gasteiger charge is -2.30. The Hall–Kier alpha value is -1.32. The summed E-state index contributed by atoms with van der Waals surface area (Å²) in [5, 5.41) is 13.9. The molecule has 0 fully saturated rings. The Bertz CT molecular complexity index is 320. The fraction of sp³-hybridized carbons (Fsp3) is 0.600. The van der Waals surface area contributed by atoms with Crippen LogP contribution in [0.2, 0.25) is 0 Å². The van der Waals surface area contributed by atoms with E-state index in [0.29, 0.717) is 6.54 Å². The van der Waals surface area contributed by atoms with Crippen molar-refractivity contribution in [1.82, 2.24) is 5.32 Å². The first-order chi connectivity index (χ1) is 6.70. The first-order valence-corrected chi connectivity index (χ1v) is 4.97. The van der Waals surface area contributed by atoms with Gasteiger partial charge in [0.2, 0.25) is 6.04 Å². The molecule has 1 N–H and O–H groups in total. The molecule has 0 radical (unpaired) electrons. The molecule has 2 aliphatic rings. The maximum Gasteiger partial charge on any atom is 0.236 e. The highest BCUT2D eigenvalue weighted by Gasteiger charge is 2.35. The van der Waals surface area contributed by atoms with E-state index < -0.39 is 6.04 Å². The summed E-state index contributed by atoms with van der Waals surface area (Å²) in [5.41, 5.74) is 2.34. The van der Waals surface area contributed by atoms with Crippen LogP contribution in [-0.4, -0.2) is 17.5 Å². The fourth-order valence-electron chi connectivity index (χ4n) is 2.17. The van der Waals surface area contributed by atoms with E-state index in [1.807, 2.05) is 13.0 Å². The van der Waals surface area contributed by atoms with Crippen LogP contribution in [0.3, 0.4) is 0 Å². The molecule has 0 aromatic rings. The zero-order valence-electron chi connectivity index (χ0n) is 8.19. The Balaban J connectivity index is 2.26. The molecule has 2 unspecified atom stereocenters. The van der Waals surface area contributed by atoms with Gasteiger partial charge < -0.3 is 5.32 Å². The van der Waals surface area contributed by atoms with E-state index in [9.17, 15) is 10.1 Å². The Labute approximate surface area is 82.8 Å². The minimum absolute atomic E-state index is 0.0396. The van der Waals surface area contributed by atoms with E-state index >= 15 is 0 Å². The van der Waals surface area contributed by atoms with Gasteiger partial charge in [0.15, 0.2) is 0 Å². The van der Waals surface area contributed by atoms with Crippen LogP contribution in [0.1, 0.15) is 19.8 Å². The van der Waals surface area contributed by atoms with Crippen LogP contribution < -0.4 is 5.32 Å². The van der Waals surface area contributed by atoms with Gasteiger partial charge in [0, 0.05) is 10.6 Å². The molecule has 0 bridgehead atoms.